The minimum absolute atomic E-state index is 0.250. The Balaban J connectivity index is 0.000000806. The Bertz CT molecular complexity index is 935. The second-order valence-corrected chi connectivity index (χ2v) is 7.73. The number of likely N-dealkylation sites (tertiary alicyclic amines) is 1. The fourth-order valence-corrected chi connectivity index (χ4v) is 3.90. The molecule has 1 aromatic heterocycles. The van der Waals surface area contributed by atoms with E-state index in [1.54, 1.807) is 0 Å². The van der Waals surface area contributed by atoms with Crippen LogP contribution in [0.2, 0.25) is 0 Å². The minimum atomic E-state index is -0.250. The number of aryl methyl sites for hydroxylation is 1. The number of pyridine rings is 1. The quantitative estimate of drug-likeness (QED) is 0.436. The van der Waals surface area contributed by atoms with Crippen molar-refractivity contribution in [3.8, 4) is 11.3 Å². The molecule has 1 aliphatic heterocycles. The van der Waals surface area contributed by atoms with Gasteiger partial charge in [0.2, 0.25) is 0 Å². The largest absolute Gasteiger partial charge is 0.483 e. The molecule has 0 radical (unpaired) electrons. The van der Waals surface area contributed by atoms with Gasteiger partial charge in [0.15, 0.2) is 0 Å². The van der Waals surface area contributed by atoms with Gasteiger partial charge in [-0.3, -0.25) is 4.79 Å². The standard InChI is InChI=1S/C24H29N3.CH2O2/c1-19-10-12-20(13-11-19)23-18-24(21-8-3-4-9-22(21)26-23)25-14-7-17-27-15-5-2-6-16-27;2-1-3/h3-4,8-13,18H,2,5-7,14-17H2,1H3,(H,25,26);1H,(H,2,3). The number of nitrogens with zero attached hydrogens (tertiary/aromatic N) is 2. The highest BCUT2D eigenvalue weighted by Crippen LogP contribution is 2.28. The Morgan fingerprint density at radius 3 is 2.50 bits per heavy atom. The second-order valence-electron chi connectivity index (χ2n) is 7.73. The number of hydrogen-bond acceptors (Lipinski definition) is 4. The van der Waals surface area contributed by atoms with E-state index in [4.69, 9.17) is 14.9 Å². The van der Waals surface area contributed by atoms with E-state index in [1.807, 2.05) is 0 Å². The van der Waals surface area contributed by atoms with E-state index < -0.39 is 0 Å². The molecular weight excluding hydrogens is 374 g/mol. The van der Waals surface area contributed by atoms with Gasteiger partial charge in [0.1, 0.15) is 0 Å². The van der Waals surface area contributed by atoms with Crippen molar-refractivity contribution in [3.63, 3.8) is 0 Å². The summed E-state index contributed by atoms with van der Waals surface area (Å²) in [5.74, 6) is 0. The molecule has 0 saturated carbocycles. The SMILES string of the molecule is Cc1ccc(-c2cc(NCCCN3CCCCC3)c3ccccc3n2)cc1.O=CO. The molecule has 30 heavy (non-hydrogen) atoms. The molecule has 0 atom stereocenters. The number of rotatable bonds is 6. The number of nitrogens with one attached hydrogen (secondary N) is 1. The van der Waals surface area contributed by atoms with Crippen LogP contribution < -0.4 is 5.32 Å². The zero-order valence-corrected chi connectivity index (χ0v) is 17.7. The third kappa shape index (κ3) is 6.04. The summed E-state index contributed by atoms with van der Waals surface area (Å²) < 4.78 is 0. The highest BCUT2D eigenvalue weighted by molar-refractivity contribution is 5.93. The fraction of sp³-hybridized carbons (Fsp3) is 0.360. The fourth-order valence-electron chi connectivity index (χ4n) is 3.90. The monoisotopic (exact) mass is 405 g/mol. The summed E-state index contributed by atoms with van der Waals surface area (Å²) in [4.78, 5) is 15.9. The smallest absolute Gasteiger partial charge is 0.290 e. The average Bonchev–Trinajstić information content (AvgIpc) is 2.78. The lowest BCUT2D eigenvalue weighted by Gasteiger charge is -2.26. The first kappa shape index (κ1) is 21.8. The van der Waals surface area contributed by atoms with E-state index in [0.29, 0.717) is 0 Å². The van der Waals surface area contributed by atoms with E-state index in [-0.39, 0.29) is 6.47 Å². The molecule has 2 N–H and O–H groups in total. The van der Waals surface area contributed by atoms with Gasteiger partial charge < -0.3 is 15.3 Å². The molecule has 0 bridgehead atoms. The zero-order valence-electron chi connectivity index (χ0n) is 17.7. The molecule has 1 aliphatic rings. The molecule has 158 valence electrons. The van der Waals surface area contributed by atoms with Crippen molar-refractivity contribution in [3.05, 3.63) is 60.2 Å². The first-order valence-corrected chi connectivity index (χ1v) is 10.7. The van der Waals surface area contributed by atoms with E-state index in [1.165, 1.54) is 67.5 Å². The van der Waals surface area contributed by atoms with Gasteiger partial charge in [0.05, 0.1) is 11.2 Å². The van der Waals surface area contributed by atoms with Crippen molar-refractivity contribution in [1.29, 1.82) is 0 Å². The molecule has 1 fully saturated rings. The van der Waals surface area contributed by atoms with Crippen molar-refractivity contribution in [1.82, 2.24) is 9.88 Å². The Kier molecular flexibility index (Phi) is 8.21. The summed E-state index contributed by atoms with van der Waals surface area (Å²) in [6.45, 7) is 6.61. The predicted octanol–water partition coefficient (Wildman–Crippen LogP) is 5.20. The van der Waals surface area contributed by atoms with Crippen LogP contribution in [0.3, 0.4) is 0 Å². The first-order valence-electron chi connectivity index (χ1n) is 10.7. The van der Waals surface area contributed by atoms with E-state index >= 15 is 0 Å². The van der Waals surface area contributed by atoms with E-state index in [0.717, 1.165) is 17.8 Å². The summed E-state index contributed by atoms with van der Waals surface area (Å²) in [5.41, 5.74) is 5.72. The van der Waals surface area contributed by atoms with Crippen LogP contribution >= 0.6 is 0 Å². The van der Waals surface area contributed by atoms with Gasteiger partial charge in [-0.05, 0) is 58.0 Å². The lowest BCUT2D eigenvalue weighted by atomic mass is 10.1. The topological polar surface area (TPSA) is 65.5 Å². The second kappa shape index (κ2) is 11.3. The number of aromatic nitrogens is 1. The molecule has 0 spiro atoms. The molecule has 2 aromatic carbocycles. The molecule has 0 unspecified atom stereocenters. The highest BCUT2D eigenvalue weighted by atomic mass is 16.3. The molecule has 4 rings (SSSR count). The Morgan fingerprint density at radius 1 is 1.07 bits per heavy atom. The molecule has 1 saturated heterocycles. The van der Waals surface area contributed by atoms with Crippen LogP contribution in [0.15, 0.2) is 54.6 Å². The number of carbonyl (C=O) groups is 1. The van der Waals surface area contributed by atoms with Crippen LogP contribution in [0.4, 0.5) is 5.69 Å². The van der Waals surface area contributed by atoms with Crippen molar-refractivity contribution in [2.75, 3.05) is 31.5 Å². The van der Waals surface area contributed by atoms with Crippen molar-refractivity contribution < 1.29 is 9.90 Å². The lowest BCUT2D eigenvalue weighted by Crippen LogP contribution is -2.31. The third-order valence-corrected chi connectivity index (χ3v) is 5.48. The number of anilines is 1. The first-order chi connectivity index (χ1) is 14.7. The van der Waals surface area contributed by atoms with Crippen LogP contribution in [-0.2, 0) is 4.79 Å². The van der Waals surface area contributed by atoms with Crippen LogP contribution in [-0.4, -0.2) is 47.6 Å². The van der Waals surface area contributed by atoms with Crippen LogP contribution in [0.5, 0.6) is 0 Å². The highest BCUT2D eigenvalue weighted by Gasteiger charge is 2.10. The molecule has 5 heteroatoms. The number of fused-ring (bicyclic) bond motifs is 1. The molecule has 3 aromatic rings. The minimum Gasteiger partial charge on any atom is -0.483 e. The normalized spacial score (nSPS) is 14.0. The summed E-state index contributed by atoms with van der Waals surface area (Å²) in [6, 6.07) is 19.2. The van der Waals surface area contributed by atoms with Gasteiger partial charge in [-0.25, -0.2) is 4.98 Å². The Hall–Kier alpha value is -2.92. The maximum atomic E-state index is 8.36. The number of hydrogen-bond donors (Lipinski definition) is 2. The van der Waals surface area contributed by atoms with E-state index in [9.17, 15) is 0 Å². The zero-order chi connectivity index (χ0) is 21.2. The van der Waals surface area contributed by atoms with Crippen molar-refractivity contribution >= 4 is 23.1 Å². The molecule has 0 aliphatic carbocycles. The maximum absolute atomic E-state index is 8.36. The Morgan fingerprint density at radius 2 is 1.77 bits per heavy atom. The van der Waals surface area contributed by atoms with Crippen LogP contribution in [0.25, 0.3) is 22.2 Å². The third-order valence-electron chi connectivity index (χ3n) is 5.48. The molecular formula is C25H31N3O2. The summed E-state index contributed by atoms with van der Waals surface area (Å²) in [6.07, 6.45) is 5.31. The number of carboxylic acid groups (broad SMARTS) is 1. The molecule has 2 heterocycles. The predicted molar refractivity (Wildman–Crippen MR) is 124 cm³/mol. The van der Waals surface area contributed by atoms with Gasteiger partial charge in [-0.15, -0.1) is 0 Å². The van der Waals surface area contributed by atoms with Crippen molar-refractivity contribution in [2.24, 2.45) is 0 Å². The number of benzene rings is 2. The van der Waals surface area contributed by atoms with Gasteiger partial charge in [-0.1, -0.05) is 54.4 Å². The van der Waals surface area contributed by atoms with Crippen LogP contribution in [0.1, 0.15) is 31.2 Å². The van der Waals surface area contributed by atoms with Crippen LogP contribution in [0, 0.1) is 6.92 Å². The van der Waals surface area contributed by atoms with Gasteiger partial charge >= 0.3 is 0 Å². The van der Waals surface area contributed by atoms with Gasteiger partial charge in [0.25, 0.3) is 6.47 Å². The maximum Gasteiger partial charge on any atom is 0.290 e. The van der Waals surface area contributed by atoms with Crippen molar-refractivity contribution in [2.45, 2.75) is 32.6 Å². The molecule has 5 nitrogen and oxygen atoms in total. The summed E-state index contributed by atoms with van der Waals surface area (Å²) in [7, 11) is 0. The molecule has 0 amide bonds. The number of para-hydroxylation sites is 1. The summed E-state index contributed by atoms with van der Waals surface area (Å²) in [5, 5.41) is 11.8. The van der Waals surface area contributed by atoms with Gasteiger partial charge in [-0.2, -0.15) is 0 Å². The summed E-state index contributed by atoms with van der Waals surface area (Å²) >= 11 is 0. The Labute approximate surface area is 178 Å². The van der Waals surface area contributed by atoms with Gasteiger partial charge in [0, 0.05) is 23.2 Å². The lowest BCUT2D eigenvalue weighted by molar-refractivity contribution is -0.122. The number of piperidine rings is 1. The average molecular weight is 406 g/mol. The van der Waals surface area contributed by atoms with E-state index in [2.05, 4.69) is 71.7 Å².